The summed E-state index contributed by atoms with van der Waals surface area (Å²) in [5.74, 6) is 1.17. The van der Waals surface area contributed by atoms with Crippen molar-refractivity contribution in [3.8, 4) is 11.7 Å². The lowest BCUT2D eigenvalue weighted by Gasteiger charge is -2.16. The minimum atomic E-state index is -0.511. The molecule has 1 atom stereocenters. The third-order valence-electron chi connectivity index (χ3n) is 4.22. The molecule has 0 saturated heterocycles. The minimum absolute atomic E-state index is 0.261. The SMILES string of the molecule is C[C@H](NC(=O)Nc1cc(OCc2cnc(Br)s2)c(Cl)cc1Cl)c1ncnn1-c1ncccn1. The molecule has 0 bridgehead atoms. The van der Waals surface area contributed by atoms with E-state index in [9.17, 15) is 4.79 Å². The Balaban J connectivity index is 1.43. The molecule has 0 aliphatic rings. The second-order valence-corrected chi connectivity index (χ2v) is 9.74. The number of amides is 2. The van der Waals surface area contributed by atoms with E-state index in [1.165, 1.54) is 28.4 Å². The first-order chi connectivity index (χ1) is 15.9. The lowest BCUT2D eigenvalue weighted by atomic mass is 10.3. The number of aromatic nitrogens is 6. The van der Waals surface area contributed by atoms with Gasteiger partial charge in [0.25, 0.3) is 5.95 Å². The van der Waals surface area contributed by atoms with Crippen LogP contribution >= 0.6 is 50.5 Å². The van der Waals surface area contributed by atoms with E-state index >= 15 is 0 Å². The number of carbonyl (C=O) groups excluding carboxylic acids is 1. The van der Waals surface area contributed by atoms with Gasteiger partial charge in [0.05, 0.1) is 26.7 Å². The number of halogens is 3. The topological polar surface area (TPSA) is 120 Å². The van der Waals surface area contributed by atoms with Crippen LogP contribution < -0.4 is 15.4 Å². The number of thiazole rings is 1. The predicted octanol–water partition coefficient (Wildman–Crippen LogP) is 5.04. The first-order valence-electron chi connectivity index (χ1n) is 9.37. The summed E-state index contributed by atoms with van der Waals surface area (Å²) in [7, 11) is 0. The Labute approximate surface area is 210 Å². The maximum atomic E-state index is 12.6. The van der Waals surface area contributed by atoms with Gasteiger partial charge in [-0.05, 0) is 35.0 Å². The smallest absolute Gasteiger partial charge is 0.319 e. The number of nitrogens with one attached hydrogen (secondary N) is 2. The van der Waals surface area contributed by atoms with Crippen LogP contribution in [0, 0.1) is 0 Å². The molecule has 2 N–H and O–H groups in total. The van der Waals surface area contributed by atoms with Gasteiger partial charge in [-0.1, -0.05) is 23.2 Å². The fourth-order valence-electron chi connectivity index (χ4n) is 2.75. The summed E-state index contributed by atoms with van der Waals surface area (Å²) in [4.78, 5) is 30.2. The number of carbonyl (C=O) groups is 1. The summed E-state index contributed by atoms with van der Waals surface area (Å²) >= 11 is 17.3. The van der Waals surface area contributed by atoms with E-state index in [1.807, 2.05) is 0 Å². The highest BCUT2D eigenvalue weighted by molar-refractivity contribution is 9.11. The highest BCUT2D eigenvalue weighted by Crippen LogP contribution is 2.35. The van der Waals surface area contributed by atoms with Crippen molar-refractivity contribution in [3.05, 3.63) is 67.8 Å². The number of urea groups is 1. The van der Waals surface area contributed by atoms with Crippen molar-refractivity contribution in [2.45, 2.75) is 19.6 Å². The van der Waals surface area contributed by atoms with Crippen LogP contribution in [0.4, 0.5) is 10.5 Å². The standard InChI is InChI=1S/C19H15BrCl2N8O2S/c1-10(16-26-9-27-30(16)18-23-3-2-4-24-18)28-19(31)29-14-6-15(13(22)5-12(14)21)32-8-11-7-25-17(20)33-11/h2-7,9-10H,8H2,1H3,(H2,28,29,31)/t10-/m0/s1. The second-order valence-electron chi connectivity index (χ2n) is 6.53. The normalized spacial score (nSPS) is 11.8. The number of hydrogen-bond donors (Lipinski definition) is 2. The Morgan fingerprint density at radius 2 is 2.00 bits per heavy atom. The van der Waals surface area contributed by atoms with Crippen LogP contribution in [0.2, 0.25) is 10.0 Å². The van der Waals surface area contributed by atoms with E-state index in [1.54, 1.807) is 37.6 Å². The van der Waals surface area contributed by atoms with Crippen molar-refractivity contribution in [2.75, 3.05) is 5.32 Å². The molecule has 0 fully saturated rings. The van der Waals surface area contributed by atoms with Crippen molar-refractivity contribution in [2.24, 2.45) is 0 Å². The van der Waals surface area contributed by atoms with Crippen molar-refractivity contribution < 1.29 is 9.53 Å². The van der Waals surface area contributed by atoms with Gasteiger partial charge in [-0.3, -0.25) is 0 Å². The summed E-state index contributed by atoms with van der Waals surface area (Å²) in [6.07, 6.45) is 6.25. The van der Waals surface area contributed by atoms with Gasteiger partial charge in [0.2, 0.25) is 0 Å². The minimum Gasteiger partial charge on any atom is -0.486 e. The van der Waals surface area contributed by atoms with Gasteiger partial charge in [0.15, 0.2) is 9.74 Å². The molecule has 14 heteroatoms. The van der Waals surface area contributed by atoms with E-state index < -0.39 is 12.1 Å². The largest absolute Gasteiger partial charge is 0.486 e. The predicted molar refractivity (Wildman–Crippen MR) is 128 cm³/mol. The summed E-state index contributed by atoms with van der Waals surface area (Å²) in [5.41, 5.74) is 0.333. The first-order valence-corrected chi connectivity index (χ1v) is 11.7. The number of rotatable bonds is 7. The number of hydrogen-bond acceptors (Lipinski definition) is 8. The van der Waals surface area contributed by atoms with Crippen molar-refractivity contribution >= 4 is 62.2 Å². The molecule has 0 unspecified atom stereocenters. The molecule has 10 nitrogen and oxygen atoms in total. The Kier molecular flexibility index (Phi) is 7.38. The summed E-state index contributed by atoms with van der Waals surface area (Å²) in [6, 6.07) is 3.74. The lowest BCUT2D eigenvalue weighted by molar-refractivity contribution is 0.248. The molecule has 1 aromatic carbocycles. The van der Waals surface area contributed by atoms with Crippen molar-refractivity contribution in [1.29, 1.82) is 0 Å². The van der Waals surface area contributed by atoms with Crippen LogP contribution in [0.3, 0.4) is 0 Å². The number of ether oxygens (including phenoxy) is 1. The molecule has 3 heterocycles. The summed E-state index contributed by atoms with van der Waals surface area (Å²) < 4.78 is 7.97. The third kappa shape index (κ3) is 5.77. The van der Waals surface area contributed by atoms with Crippen molar-refractivity contribution in [1.82, 2.24) is 35.0 Å². The Hall–Kier alpha value is -2.80. The first kappa shape index (κ1) is 23.4. The molecule has 4 aromatic rings. The lowest BCUT2D eigenvalue weighted by Crippen LogP contribution is -2.32. The van der Waals surface area contributed by atoms with Gasteiger partial charge >= 0.3 is 6.03 Å². The van der Waals surface area contributed by atoms with E-state index in [-0.39, 0.29) is 11.6 Å². The highest BCUT2D eigenvalue weighted by atomic mass is 79.9. The van der Waals surface area contributed by atoms with Crippen LogP contribution in [-0.4, -0.2) is 35.7 Å². The zero-order chi connectivity index (χ0) is 23.4. The van der Waals surface area contributed by atoms with Crippen molar-refractivity contribution in [3.63, 3.8) is 0 Å². The molecule has 0 saturated carbocycles. The van der Waals surface area contributed by atoms with E-state index in [0.717, 1.165) is 8.79 Å². The van der Waals surface area contributed by atoms with E-state index in [4.69, 9.17) is 27.9 Å². The second kappa shape index (κ2) is 10.4. The number of nitrogens with zero attached hydrogens (tertiary/aromatic N) is 6. The molecular weight excluding hydrogens is 555 g/mol. The van der Waals surface area contributed by atoms with Gasteiger partial charge in [-0.2, -0.15) is 9.78 Å². The third-order valence-corrected chi connectivity index (χ3v) is 6.27. The quantitative estimate of drug-likeness (QED) is 0.320. The van der Waals surface area contributed by atoms with Crippen LogP contribution in [0.15, 0.2) is 47.0 Å². The monoisotopic (exact) mass is 568 g/mol. The van der Waals surface area contributed by atoms with Gasteiger partial charge in [0.1, 0.15) is 18.7 Å². The fraction of sp³-hybridized carbons (Fsp3) is 0.158. The maximum Gasteiger partial charge on any atom is 0.319 e. The van der Waals surface area contributed by atoms with Gasteiger partial charge < -0.3 is 15.4 Å². The maximum absolute atomic E-state index is 12.6. The number of benzene rings is 1. The van der Waals surface area contributed by atoms with Gasteiger partial charge in [-0.15, -0.1) is 11.3 Å². The van der Waals surface area contributed by atoms with E-state index in [0.29, 0.717) is 28.2 Å². The van der Waals surface area contributed by atoms with Gasteiger partial charge in [0, 0.05) is 24.7 Å². The molecule has 0 radical (unpaired) electrons. The zero-order valence-corrected chi connectivity index (χ0v) is 20.8. The molecule has 0 aliphatic carbocycles. The average Bonchev–Trinajstić information content (AvgIpc) is 3.44. The molecule has 33 heavy (non-hydrogen) atoms. The Bertz CT molecular complexity index is 1270. The highest BCUT2D eigenvalue weighted by Gasteiger charge is 2.19. The molecule has 2 amide bonds. The molecular formula is C19H15BrCl2N8O2S. The Morgan fingerprint density at radius 1 is 1.21 bits per heavy atom. The molecule has 170 valence electrons. The number of anilines is 1. The van der Waals surface area contributed by atoms with E-state index in [2.05, 4.69) is 51.6 Å². The molecule has 0 spiro atoms. The van der Waals surface area contributed by atoms with Crippen LogP contribution in [0.5, 0.6) is 5.75 Å². The average molecular weight is 570 g/mol. The molecule has 4 rings (SSSR count). The fourth-order valence-corrected chi connectivity index (χ4v) is 4.51. The molecule has 3 aromatic heterocycles. The Morgan fingerprint density at radius 3 is 2.73 bits per heavy atom. The van der Waals surface area contributed by atoms with Crippen LogP contribution in [0.1, 0.15) is 23.7 Å². The zero-order valence-electron chi connectivity index (χ0n) is 16.9. The summed E-state index contributed by atoms with van der Waals surface area (Å²) in [5, 5.41) is 10.2. The molecule has 0 aliphatic heterocycles. The van der Waals surface area contributed by atoms with Gasteiger partial charge in [-0.25, -0.2) is 24.7 Å². The summed E-state index contributed by atoms with van der Waals surface area (Å²) in [6.45, 7) is 2.03. The van der Waals surface area contributed by atoms with Crippen LogP contribution in [-0.2, 0) is 6.61 Å². The van der Waals surface area contributed by atoms with Crippen LogP contribution in [0.25, 0.3) is 5.95 Å².